The van der Waals surface area contributed by atoms with Crippen LogP contribution in [0.1, 0.15) is 307 Å². The van der Waals surface area contributed by atoms with Crippen molar-refractivity contribution in [3.63, 3.8) is 0 Å². The Morgan fingerprint density at radius 1 is 0.286 bits per heavy atom. The van der Waals surface area contributed by atoms with Gasteiger partial charge in [-0.1, -0.05) is 295 Å². The van der Waals surface area contributed by atoms with Gasteiger partial charge in [-0.3, -0.25) is 0 Å². The van der Waals surface area contributed by atoms with E-state index in [1.807, 2.05) is 12.1 Å². The van der Waals surface area contributed by atoms with Crippen molar-refractivity contribution in [2.45, 2.75) is 320 Å². The summed E-state index contributed by atoms with van der Waals surface area (Å²) in [5.41, 5.74) is 3.72. The van der Waals surface area contributed by atoms with E-state index in [-0.39, 0.29) is 47.5 Å². The van der Waals surface area contributed by atoms with Crippen molar-refractivity contribution < 1.29 is 25.9 Å². The first-order chi connectivity index (χ1) is 36.9. The van der Waals surface area contributed by atoms with Crippen molar-refractivity contribution in [1.82, 2.24) is 0 Å². The first-order valence-corrected chi connectivity index (χ1v) is 34.8. The molecule has 0 unspecified atom stereocenters. The van der Waals surface area contributed by atoms with E-state index >= 15 is 0 Å². The fourth-order valence-corrected chi connectivity index (χ4v) is 12.8. The van der Waals surface area contributed by atoms with Gasteiger partial charge in [0, 0.05) is 0 Å². The van der Waals surface area contributed by atoms with Crippen molar-refractivity contribution in [3.05, 3.63) is 82.9 Å². The first kappa shape index (κ1) is 71.6. The Balaban J connectivity index is 0.000000520. The van der Waals surface area contributed by atoms with E-state index in [0.717, 1.165) is 84.0 Å². The summed E-state index contributed by atoms with van der Waals surface area (Å²) in [6.07, 6.45) is 54.0. The second-order valence-corrected chi connectivity index (χ2v) is 25.5. The predicted octanol–water partition coefficient (Wildman–Crippen LogP) is 21.0. The molecule has 77 heavy (non-hydrogen) atoms. The number of fused-ring (bicyclic) bond motifs is 2. The minimum atomic E-state index is -4.50. The van der Waals surface area contributed by atoms with E-state index in [2.05, 4.69) is 64.1 Å². The van der Waals surface area contributed by atoms with Gasteiger partial charge >= 0.3 is 37.7 Å². The molecule has 432 valence electrons. The van der Waals surface area contributed by atoms with Gasteiger partial charge in [0.25, 0.3) is 0 Å². The van der Waals surface area contributed by atoms with Gasteiger partial charge < -0.3 is 9.11 Å². The number of hydrogen-bond acceptors (Lipinski definition) is 6. The molecular formula is C68H110CaO6S2. The number of benzene rings is 4. The summed E-state index contributed by atoms with van der Waals surface area (Å²) in [6, 6.07) is 19.7. The van der Waals surface area contributed by atoms with Crippen molar-refractivity contribution in [1.29, 1.82) is 0 Å². The maximum absolute atomic E-state index is 12.2. The first-order valence-electron chi connectivity index (χ1n) is 31.9. The summed E-state index contributed by atoms with van der Waals surface area (Å²) < 4.78 is 73.1. The van der Waals surface area contributed by atoms with Gasteiger partial charge in [-0.25, -0.2) is 16.8 Å². The standard InChI is InChI=1S/2C34H56O3S.Ca/c2*1-3-5-7-9-11-13-15-17-19-21-24-30-26-23-27-31-28-32(34(29-33(30)31)38(35,36)37)25-22-20-18-16-14-12-10-8-6-4-2;/h2*23,26-29H,3-22,24-25H2,1-2H3,(H,35,36,37);/q;;+2/p-2. The normalized spacial score (nSPS) is 11.8. The van der Waals surface area contributed by atoms with Gasteiger partial charge in [0.2, 0.25) is 0 Å². The van der Waals surface area contributed by atoms with Crippen molar-refractivity contribution in [3.8, 4) is 0 Å². The van der Waals surface area contributed by atoms with Crippen LogP contribution in [0.5, 0.6) is 0 Å². The van der Waals surface area contributed by atoms with Crippen LogP contribution in [0.3, 0.4) is 0 Å². The molecule has 0 atom stereocenters. The smallest absolute Gasteiger partial charge is 0.744 e. The Morgan fingerprint density at radius 2 is 0.494 bits per heavy atom. The maximum Gasteiger partial charge on any atom is 2.00 e. The summed E-state index contributed by atoms with van der Waals surface area (Å²) in [7, 11) is -9.00. The topological polar surface area (TPSA) is 114 Å². The third-order valence-corrected chi connectivity index (χ3v) is 17.9. The quantitative estimate of drug-likeness (QED) is 0.0247. The molecule has 9 heteroatoms. The molecule has 0 fully saturated rings. The van der Waals surface area contributed by atoms with Crippen LogP contribution in [0.2, 0.25) is 0 Å². The summed E-state index contributed by atoms with van der Waals surface area (Å²) >= 11 is 0. The molecule has 0 N–H and O–H groups in total. The molecule has 0 aromatic heterocycles. The Morgan fingerprint density at radius 3 is 0.714 bits per heavy atom. The van der Waals surface area contributed by atoms with Crippen molar-refractivity contribution in [2.75, 3.05) is 0 Å². The van der Waals surface area contributed by atoms with Crippen LogP contribution in [-0.4, -0.2) is 63.7 Å². The van der Waals surface area contributed by atoms with E-state index in [1.165, 1.54) is 218 Å². The van der Waals surface area contributed by atoms with E-state index in [9.17, 15) is 25.9 Å². The van der Waals surface area contributed by atoms with Crippen molar-refractivity contribution >= 4 is 79.5 Å². The van der Waals surface area contributed by atoms with E-state index in [0.29, 0.717) is 24.0 Å². The Hall–Kier alpha value is -1.52. The van der Waals surface area contributed by atoms with Gasteiger partial charge in [-0.05, 0) is 119 Å². The number of unbranched alkanes of at least 4 members (excludes halogenated alkanes) is 36. The van der Waals surface area contributed by atoms with E-state index in [4.69, 9.17) is 0 Å². The monoisotopic (exact) mass is 1130 g/mol. The number of aryl methyl sites for hydroxylation is 4. The fraction of sp³-hybridized carbons (Fsp3) is 0.706. The van der Waals surface area contributed by atoms with Crippen LogP contribution >= 0.6 is 0 Å². The zero-order valence-electron chi connectivity index (χ0n) is 49.9. The molecule has 4 aromatic carbocycles. The average Bonchev–Trinajstić information content (AvgIpc) is 3.41. The predicted molar refractivity (Wildman–Crippen MR) is 332 cm³/mol. The zero-order valence-corrected chi connectivity index (χ0v) is 53.7. The molecule has 4 aromatic rings. The molecule has 0 spiro atoms. The van der Waals surface area contributed by atoms with Crippen LogP contribution in [0, 0.1) is 0 Å². The molecule has 6 nitrogen and oxygen atoms in total. The fourth-order valence-electron chi connectivity index (χ4n) is 11.3. The SMILES string of the molecule is CCCCCCCCCCCCc1cc2cccc(CCCCCCCCCCCC)c2cc1S(=O)(=O)[O-].CCCCCCCCCCCCc1cc2cccc(CCCCCCCCCCCC)c2cc1S(=O)(=O)[O-].[Ca+2]. The molecule has 0 bridgehead atoms. The van der Waals surface area contributed by atoms with Gasteiger partial charge in [0.15, 0.2) is 0 Å². The van der Waals surface area contributed by atoms with E-state index in [1.54, 1.807) is 12.1 Å². The molecule has 0 aliphatic rings. The second-order valence-electron chi connectivity index (χ2n) is 22.8. The Labute approximate surface area is 504 Å². The molecule has 0 aliphatic carbocycles. The minimum Gasteiger partial charge on any atom is -0.744 e. The molecular weight excluding hydrogens is 1020 g/mol. The summed E-state index contributed by atoms with van der Waals surface area (Å²) in [4.78, 5) is -0.00658. The third kappa shape index (κ3) is 32.1. The van der Waals surface area contributed by atoms with Crippen LogP contribution in [0.4, 0.5) is 0 Å². The number of hydrogen-bond donors (Lipinski definition) is 0. The van der Waals surface area contributed by atoms with Crippen LogP contribution < -0.4 is 0 Å². The summed E-state index contributed by atoms with van der Waals surface area (Å²) in [6.45, 7) is 9.01. The van der Waals surface area contributed by atoms with Crippen LogP contribution in [0.25, 0.3) is 21.5 Å². The van der Waals surface area contributed by atoms with Gasteiger partial charge in [0.1, 0.15) is 20.2 Å². The van der Waals surface area contributed by atoms with Crippen molar-refractivity contribution in [2.24, 2.45) is 0 Å². The molecule has 0 radical (unpaired) electrons. The second kappa shape index (κ2) is 45.1. The summed E-state index contributed by atoms with van der Waals surface area (Å²) in [5.74, 6) is 0. The number of rotatable bonds is 46. The Bertz CT molecular complexity index is 2160. The molecule has 4 rings (SSSR count). The molecule has 0 heterocycles. The van der Waals surface area contributed by atoms with Gasteiger partial charge in [-0.2, -0.15) is 0 Å². The Kier molecular flexibility index (Phi) is 41.9. The van der Waals surface area contributed by atoms with Crippen LogP contribution in [0.15, 0.2) is 70.5 Å². The van der Waals surface area contributed by atoms with E-state index < -0.39 is 20.2 Å². The molecule has 0 saturated carbocycles. The third-order valence-electron chi connectivity index (χ3n) is 16.0. The molecule has 0 amide bonds. The minimum absolute atomic E-state index is 0. The molecule has 0 saturated heterocycles. The van der Waals surface area contributed by atoms with Gasteiger partial charge in [0.05, 0.1) is 9.79 Å². The average molecular weight is 1130 g/mol. The van der Waals surface area contributed by atoms with Gasteiger partial charge in [-0.15, -0.1) is 0 Å². The zero-order chi connectivity index (χ0) is 55.0. The maximum atomic E-state index is 12.2. The summed E-state index contributed by atoms with van der Waals surface area (Å²) in [5, 5.41) is 3.99. The molecule has 0 aliphatic heterocycles. The largest absolute Gasteiger partial charge is 2.00 e. The van der Waals surface area contributed by atoms with Crippen LogP contribution in [-0.2, 0) is 45.9 Å².